The largest absolute Gasteiger partial charge is 0.336 e. The lowest BCUT2D eigenvalue weighted by Gasteiger charge is -2.16. The zero-order valence-electron chi connectivity index (χ0n) is 10.5. The van der Waals surface area contributed by atoms with Gasteiger partial charge in [-0.2, -0.15) is 0 Å². The number of hydrogen-bond acceptors (Lipinski definition) is 3. The molecule has 0 spiro atoms. The Morgan fingerprint density at radius 3 is 3.06 bits per heavy atom. The van der Waals surface area contributed by atoms with Crippen molar-refractivity contribution in [1.82, 2.24) is 10.2 Å². The van der Waals surface area contributed by atoms with Crippen LogP contribution in [0.3, 0.4) is 0 Å². The van der Waals surface area contributed by atoms with E-state index >= 15 is 0 Å². The number of nitrogens with one attached hydrogen (secondary N) is 1. The summed E-state index contributed by atoms with van der Waals surface area (Å²) >= 11 is 1.76. The second kappa shape index (κ2) is 5.65. The molecule has 1 aromatic heterocycles. The van der Waals surface area contributed by atoms with Crippen LogP contribution in [-0.2, 0) is 17.8 Å². The number of carbonyl (C=O) groups is 1. The van der Waals surface area contributed by atoms with Gasteiger partial charge in [-0.25, -0.2) is 0 Å². The van der Waals surface area contributed by atoms with Gasteiger partial charge in [0.25, 0.3) is 0 Å². The minimum Gasteiger partial charge on any atom is -0.336 e. The number of amides is 1. The Bertz CT molecular complexity index is 389. The molecule has 0 saturated carbocycles. The summed E-state index contributed by atoms with van der Waals surface area (Å²) in [4.78, 5) is 15.4. The molecule has 2 rings (SSSR count). The van der Waals surface area contributed by atoms with Crippen molar-refractivity contribution in [1.29, 1.82) is 0 Å². The third-order valence-corrected chi connectivity index (χ3v) is 4.25. The molecule has 1 atom stereocenters. The van der Waals surface area contributed by atoms with Crippen molar-refractivity contribution in [3.8, 4) is 0 Å². The van der Waals surface area contributed by atoms with E-state index in [2.05, 4.69) is 23.7 Å². The quantitative estimate of drug-likeness (QED) is 0.869. The van der Waals surface area contributed by atoms with Crippen LogP contribution in [0.25, 0.3) is 0 Å². The number of hydrogen-bond donors (Lipinski definition) is 1. The minimum absolute atomic E-state index is 0.0463. The van der Waals surface area contributed by atoms with E-state index in [1.54, 1.807) is 11.3 Å². The highest BCUT2D eigenvalue weighted by Crippen LogP contribution is 2.22. The molecule has 3 nitrogen and oxygen atoms in total. The topological polar surface area (TPSA) is 32.3 Å². The minimum atomic E-state index is 0.0463. The first kappa shape index (κ1) is 12.6. The fraction of sp³-hybridized carbons (Fsp3) is 0.615. The molecule has 1 aliphatic heterocycles. The number of aryl methyl sites for hydroxylation is 1. The summed E-state index contributed by atoms with van der Waals surface area (Å²) in [5, 5.41) is 5.37. The van der Waals surface area contributed by atoms with E-state index < -0.39 is 0 Å². The van der Waals surface area contributed by atoms with Gasteiger partial charge in [-0.05, 0) is 36.4 Å². The van der Waals surface area contributed by atoms with Crippen LogP contribution in [0.15, 0.2) is 11.4 Å². The van der Waals surface area contributed by atoms with Crippen molar-refractivity contribution < 1.29 is 4.79 Å². The summed E-state index contributed by atoms with van der Waals surface area (Å²) in [7, 11) is 0. The third-order valence-electron chi connectivity index (χ3n) is 3.30. The van der Waals surface area contributed by atoms with E-state index in [9.17, 15) is 4.79 Å². The maximum absolute atomic E-state index is 12.1. The first-order chi connectivity index (χ1) is 8.26. The SMILES string of the molecule is CCNC1CCN(Cc2sccc2CC)C1=O. The normalized spacial score (nSPS) is 20.2. The Balaban J connectivity index is 1.99. The van der Waals surface area contributed by atoms with Gasteiger partial charge in [0.2, 0.25) is 5.91 Å². The van der Waals surface area contributed by atoms with Crippen LogP contribution in [0, 0.1) is 0 Å². The van der Waals surface area contributed by atoms with Crippen LogP contribution in [-0.4, -0.2) is 29.9 Å². The van der Waals surface area contributed by atoms with E-state index in [1.165, 1.54) is 10.4 Å². The molecule has 0 bridgehead atoms. The molecule has 4 heteroatoms. The molecule has 1 aliphatic rings. The smallest absolute Gasteiger partial charge is 0.240 e. The fourth-order valence-electron chi connectivity index (χ4n) is 2.33. The Kier molecular flexibility index (Phi) is 4.18. The van der Waals surface area contributed by atoms with Crippen LogP contribution in [0.1, 0.15) is 30.7 Å². The highest BCUT2D eigenvalue weighted by Gasteiger charge is 2.30. The summed E-state index contributed by atoms with van der Waals surface area (Å²) in [6.07, 6.45) is 2.00. The summed E-state index contributed by atoms with van der Waals surface area (Å²) in [5.74, 6) is 0.266. The Morgan fingerprint density at radius 1 is 1.53 bits per heavy atom. The van der Waals surface area contributed by atoms with Crippen molar-refractivity contribution in [3.05, 3.63) is 21.9 Å². The monoisotopic (exact) mass is 252 g/mol. The van der Waals surface area contributed by atoms with E-state index in [0.717, 1.165) is 32.5 Å². The fourth-order valence-corrected chi connectivity index (χ4v) is 3.32. The van der Waals surface area contributed by atoms with E-state index in [4.69, 9.17) is 0 Å². The summed E-state index contributed by atoms with van der Waals surface area (Å²) in [6, 6.07) is 2.22. The van der Waals surface area contributed by atoms with Gasteiger partial charge in [0.15, 0.2) is 0 Å². The summed E-state index contributed by atoms with van der Waals surface area (Å²) < 4.78 is 0. The van der Waals surface area contributed by atoms with E-state index in [0.29, 0.717) is 0 Å². The van der Waals surface area contributed by atoms with Crippen molar-refractivity contribution in [2.24, 2.45) is 0 Å². The molecule has 0 aliphatic carbocycles. The average Bonchev–Trinajstić information content (AvgIpc) is 2.91. The molecule has 1 fully saturated rings. The Labute approximate surface area is 107 Å². The van der Waals surface area contributed by atoms with Crippen LogP contribution in [0.2, 0.25) is 0 Å². The van der Waals surface area contributed by atoms with Crippen molar-refractivity contribution in [2.75, 3.05) is 13.1 Å². The predicted octanol–water partition coefficient (Wildman–Crippen LogP) is 2.02. The second-order valence-electron chi connectivity index (χ2n) is 4.38. The zero-order valence-corrected chi connectivity index (χ0v) is 11.3. The van der Waals surface area contributed by atoms with Crippen LogP contribution in [0.5, 0.6) is 0 Å². The maximum Gasteiger partial charge on any atom is 0.240 e. The Morgan fingerprint density at radius 2 is 2.35 bits per heavy atom. The van der Waals surface area contributed by atoms with Gasteiger partial charge < -0.3 is 10.2 Å². The van der Waals surface area contributed by atoms with Crippen molar-refractivity contribution >= 4 is 17.2 Å². The number of likely N-dealkylation sites (N-methyl/N-ethyl adjacent to an activating group) is 1. The predicted molar refractivity (Wildman–Crippen MR) is 71.2 cm³/mol. The Hall–Kier alpha value is -0.870. The molecule has 94 valence electrons. The van der Waals surface area contributed by atoms with Crippen LogP contribution < -0.4 is 5.32 Å². The lowest BCUT2D eigenvalue weighted by Crippen LogP contribution is -2.37. The molecule has 1 amide bonds. The lowest BCUT2D eigenvalue weighted by atomic mass is 10.2. The molecule has 1 aromatic rings. The van der Waals surface area contributed by atoms with Gasteiger partial charge in [0.05, 0.1) is 12.6 Å². The highest BCUT2D eigenvalue weighted by atomic mass is 32.1. The first-order valence-corrected chi connectivity index (χ1v) is 7.21. The van der Waals surface area contributed by atoms with Gasteiger partial charge >= 0.3 is 0 Å². The molecular weight excluding hydrogens is 232 g/mol. The number of likely N-dealkylation sites (tertiary alicyclic amines) is 1. The van der Waals surface area contributed by atoms with Gasteiger partial charge in [-0.1, -0.05) is 13.8 Å². The molecule has 1 saturated heterocycles. The first-order valence-electron chi connectivity index (χ1n) is 6.33. The number of rotatable bonds is 5. The molecule has 17 heavy (non-hydrogen) atoms. The van der Waals surface area contributed by atoms with Crippen LogP contribution in [0.4, 0.5) is 0 Å². The van der Waals surface area contributed by atoms with Crippen LogP contribution >= 0.6 is 11.3 Å². The lowest BCUT2D eigenvalue weighted by molar-refractivity contribution is -0.129. The number of thiophene rings is 1. The number of nitrogens with zero attached hydrogens (tertiary/aromatic N) is 1. The molecule has 0 radical (unpaired) electrons. The van der Waals surface area contributed by atoms with Gasteiger partial charge in [-0.15, -0.1) is 11.3 Å². The third kappa shape index (κ3) is 2.69. The van der Waals surface area contributed by atoms with Gasteiger partial charge in [-0.3, -0.25) is 4.79 Å². The molecule has 0 aromatic carbocycles. The van der Waals surface area contributed by atoms with Crippen molar-refractivity contribution in [3.63, 3.8) is 0 Å². The summed E-state index contributed by atoms with van der Waals surface area (Å²) in [6.45, 7) is 6.76. The highest BCUT2D eigenvalue weighted by molar-refractivity contribution is 7.10. The van der Waals surface area contributed by atoms with E-state index in [-0.39, 0.29) is 11.9 Å². The number of carbonyl (C=O) groups excluding carboxylic acids is 1. The molecular formula is C13H20N2OS. The molecule has 1 N–H and O–H groups in total. The average molecular weight is 252 g/mol. The van der Waals surface area contributed by atoms with E-state index in [1.807, 2.05) is 11.8 Å². The van der Waals surface area contributed by atoms with Crippen molar-refractivity contribution in [2.45, 2.75) is 39.3 Å². The zero-order chi connectivity index (χ0) is 12.3. The molecule has 2 heterocycles. The van der Waals surface area contributed by atoms with Gasteiger partial charge in [0.1, 0.15) is 0 Å². The summed E-state index contributed by atoms with van der Waals surface area (Å²) in [5.41, 5.74) is 1.38. The maximum atomic E-state index is 12.1. The second-order valence-corrected chi connectivity index (χ2v) is 5.38. The molecule has 1 unspecified atom stereocenters. The van der Waals surface area contributed by atoms with Gasteiger partial charge in [0, 0.05) is 11.4 Å². The standard InChI is InChI=1S/C13H20N2OS/c1-3-10-6-8-17-12(10)9-15-7-5-11(13(15)16)14-4-2/h6,8,11,14H,3-5,7,9H2,1-2H3.